The van der Waals surface area contributed by atoms with Gasteiger partial charge < -0.3 is 14.7 Å². The van der Waals surface area contributed by atoms with Gasteiger partial charge in [0.1, 0.15) is 5.76 Å². The molecule has 0 saturated carbocycles. The summed E-state index contributed by atoms with van der Waals surface area (Å²) in [6, 6.07) is 0. The lowest BCUT2D eigenvalue weighted by atomic mass is 10.2. The van der Waals surface area contributed by atoms with Crippen molar-refractivity contribution in [3.8, 4) is 0 Å². The van der Waals surface area contributed by atoms with Crippen LogP contribution >= 0.6 is 23.1 Å². The summed E-state index contributed by atoms with van der Waals surface area (Å²) in [5, 5.41) is 3.37. The minimum absolute atomic E-state index is 0.126. The minimum atomic E-state index is -0.126. The fourth-order valence-electron chi connectivity index (χ4n) is 1.89. The molecule has 0 aliphatic carbocycles. The number of thiazole rings is 1. The molecule has 9 heteroatoms. The Hall–Kier alpha value is -2.13. The molecule has 0 bridgehead atoms. The molecule has 3 rings (SSSR count). The second-order valence-electron chi connectivity index (χ2n) is 5.39. The van der Waals surface area contributed by atoms with E-state index in [0.29, 0.717) is 22.7 Å². The van der Waals surface area contributed by atoms with E-state index in [9.17, 15) is 4.79 Å². The quantitative estimate of drug-likeness (QED) is 0.624. The topological polar surface area (TPSA) is 96.7 Å². The van der Waals surface area contributed by atoms with Crippen LogP contribution in [0.5, 0.6) is 0 Å². The molecule has 0 aromatic carbocycles. The Balaban J connectivity index is 1.50. The molecular weight excluding hydrogens is 346 g/mol. The third-order valence-corrected chi connectivity index (χ3v) is 5.21. The van der Waals surface area contributed by atoms with Crippen molar-refractivity contribution in [2.75, 3.05) is 5.32 Å². The molecule has 2 N–H and O–H groups in total. The predicted octanol–water partition coefficient (Wildman–Crippen LogP) is 3.45. The number of rotatable bonds is 7. The normalized spacial score (nSPS) is 11.1. The van der Waals surface area contributed by atoms with E-state index in [4.69, 9.17) is 4.42 Å². The van der Waals surface area contributed by atoms with E-state index in [0.717, 1.165) is 15.7 Å². The van der Waals surface area contributed by atoms with Crippen LogP contribution in [0.1, 0.15) is 37.1 Å². The monoisotopic (exact) mass is 363 g/mol. The Bertz CT molecular complexity index is 795. The Kier molecular flexibility index (Phi) is 5.31. The standard InChI is InChI=1S/C15H17N5O2S2/c1-9(2)11-5-17-13(22-11)7-23-14-6-18-15(24-14)20-12(21)3-10-4-16-8-19-10/h4-6,8-9H,3,7H2,1-2H3,(H,16,19)(H,18,20,21). The number of imidazole rings is 1. The third kappa shape index (κ3) is 4.45. The van der Waals surface area contributed by atoms with E-state index in [1.165, 1.54) is 11.3 Å². The maximum absolute atomic E-state index is 11.9. The zero-order valence-electron chi connectivity index (χ0n) is 13.3. The summed E-state index contributed by atoms with van der Waals surface area (Å²) in [6.07, 6.45) is 6.94. The average molecular weight is 363 g/mol. The molecule has 1 amide bonds. The molecule has 0 unspecified atom stereocenters. The number of thioether (sulfide) groups is 1. The molecule has 0 aliphatic heterocycles. The van der Waals surface area contributed by atoms with E-state index in [2.05, 4.69) is 39.1 Å². The second kappa shape index (κ2) is 7.63. The highest BCUT2D eigenvalue weighted by molar-refractivity contribution is 8.00. The first kappa shape index (κ1) is 16.7. The van der Waals surface area contributed by atoms with Gasteiger partial charge in [-0.25, -0.2) is 15.0 Å². The van der Waals surface area contributed by atoms with Crippen molar-refractivity contribution in [1.82, 2.24) is 19.9 Å². The highest BCUT2D eigenvalue weighted by Gasteiger charge is 2.11. The van der Waals surface area contributed by atoms with Crippen LogP contribution in [0.2, 0.25) is 0 Å². The fourth-order valence-corrected chi connectivity index (χ4v) is 3.63. The number of H-pyrrole nitrogens is 1. The van der Waals surface area contributed by atoms with Gasteiger partial charge in [0.2, 0.25) is 11.8 Å². The van der Waals surface area contributed by atoms with Crippen LogP contribution in [0, 0.1) is 0 Å². The number of nitrogens with one attached hydrogen (secondary N) is 2. The van der Waals surface area contributed by atoms with Gasteiger partial charge in [-0.05, 0) is 0 Å². The van der Waals surface area contributed by atoms with Crippen molar-refractivity contribution in [3.05, 3.63) is 42.3 Å². The van der Waals surface area contributed by atoms with E-state index in [1.54, 1.807) is 36.7 Å². The summed E-state index contributed by atoms with van der Waals surface area (Å²) in [4.78, 5) is 27.2. The third-order valence-electron chi connectivity index (χ3n) is 3.12. The SMILES string of the molecule is CC(C)c1cnc(CSc2cnc(NC(=O)Cc3cnc[nH]3)s2)o1. The molecular formula is C15H17N5O2S2. The number of amides is 1. The van der Waals surface area contributed by atoms with Crippen molar-refractivity contribution < 1.29 is 9.21 Å². The number of hydrogen-bond donors (Lipinski definition) is 2. The van der Waals surface area contributed by atoms with Gasteiger partial charge in [0.05, 0.1) is 35.1 Å². The van der Waals surface area contributed by atoms with Gasteiger partial charge in [-0.2, -0.15) is 0 Å². The van der Waals surface area contributed by atoms with Gasteiger partial charge in [0.15, 0.2) is 5.13 Å². The lowest BCUT2D eigenvalue weighted by Gasteiger charge is -1.99. The molecule has 3 aromatic heterocycles. The maximum Gasteiger partial charge on any atom is 0.232 e. The number of carbonyl (C=O) groups is 1. The van der Waals surface area contributed by atoms with Crippen LogP contribution in [0.3, 0.4) is 0 Å². The van der Waals surface area contributed by atoms with Crippen LogP contribution < -0.4 is 5.32 Å². The lowest BCUT2D eigenvalue weighted by Crippen LogP contribution is -2.14. The van der Waals surface area contributed by atoms with Gasteiger partial charge in [-0.15, -0.1) is 11.8 Å². The summed E-state index contributed by atoms with van der Waals surface area (Å²) < 4.78 is 6.67. The van der Waals surface area contributed by atoms with E-state index in [1.807, 2.05) is 0 Å². The van der Waals surface area contributed by atoms with Crippen molar-refractivity contribution >= 4 is 34.1 Å². The van der Waals surface area contributed by atoms with Crippen LogP contribution in [-0.2, 0) is 17.0 Å². The van der Waals surface area contributed by atoms with Gasteiger partial charge in [-0.1, -0.05) is 25.2 Å². The molecule has 0 atom stereocenters. The number of anilines is 1. The smallest absolute Gasteiger partial charge is 0.232 e. The van der Waals surface area contributed by atoms with E-state index >= 15 is 0 Å². The predicted molar refractivity (Wildman–Crippen MR) is 93.2 cm³/mol. The summed E-state index contributed by atoms with van der Waals surface area (Å²) in [7, 11) is 0. The zero-order valence-corrected chi connectivity index (χ0v) is 14.9. The molecule has 7 nitrogen and oxygen atoms in total. The average Bonchev–Trinajstić information content (AvgIpc) is 3.26. The van der Waals surface area contributed by atoms with E-state index < -0.39 is 0 Å². The molecule has 0 saturated heterocycles. The minimum Gasteiger partial charge on any atom is -0.445 e. The van der Waals surface area contributed by atoms with E-state index in [-0.39, 0.29) is 12.3 Å². The number of oxazole rings is 1. The van der Waals surface area contributed by atoms with Crippen LogP contribution in [0.25, 0.3) is 0 Å². The number of aromatic nitrogens is 4. The zero-order chi connectivity index (χ0) is 16.9. The summed E-state index contributed by atoms with van der Waals surface area (Å²) >= 11 is 3.01. The van der Waals surface area contributed by atoms with Crippen LogP contribution in [0.15, 0.2) is 33.5 Å². The van der Waals surface area contributed by atoms with Crippen molar-refractivity contribution in [2.45, 2.75) is 36.1 Å². The van der Waals surface area contributed by atoms with Crippen LogP contribution in [0.4, 0.5) is 5.13 Å². The first-order valence-electron chi connectivity index (χ1n) is 7.40. The van der Waals surface area contributed by atoms with Crippen LogP contribution in [-0.4, -0.2) is 25.8 Å². The number of carbonyl (C=O) groups excluding carboxylic acids is 1. The van der Waals surface area contributed by atoms with Gasteiger partial charge in [-0.3, -0.25) is 4.79 Å². The Morgan fingerprint density at radius 3 is 2.96 bits per heavy atom. The number of nitrogens with zero attached hydrogens (tertiary/aromatic N) is 3. The highest BCUT2D eigenvalue weighted by Crippen LogP contribution is 2.31. The molecule has 3 aromatic rings. The molecule has 24 heavy (non-hydrogen) atoms. The van der Waals surface area contributed by atoms with Gasteiger partial charge in [0.25, 0.3) is 0 Å². The van der Waals surface area contributed by atoms with Gasteiger partial charge in [0, 0.05) is 17.8 Å². The first-order valence-corrected chi connectivity index (χ1v) is 9.20. The largest absolute Gasteiger partial charge is 0.445 e. The van der Waals surface area contributed by atoms with Gasteiger partial charge >= 0.3 is 0 Å². The molecule has 0 spiro atoms. The van der Waals surface area contributed by atoms with Crippen molar-refractivity contribution in [1.29, 1.82) is 0 Å². The lowest BCUT2D eigenvalue weighted by molar-refractivity contribution is -0.115. The first-order chi connectivity index (χ1) is 11.6. The summed E-state index contributed by atoms with van der Waals surface area (Å²) in [5.41, 5.74) is 0.767. The molecule has 0 aliphatic rings. The summed E-state index contributed by atoms with van der Waals surface area (Å²) in [6.45, 7) is 4.14. The maximum atomic E-state index is 11.9. The number of aromatic amines is 1. The highest BCUT2D eigenvalue weighted by atomic mass is 32.2. The molecule has 0 fully saturated rings. The number of hydrogen-bond acceptors (Lipinski definition) is 7. The fraction of sp³-hybridized carbons (Fsp3) is 0.333. The summed E-state index contributed by atoms with van der Waals surface area (Å²) in [5.74, 6) is 2.43. The molecule has 0 radical (unpaired) electrons. The Morgan fingerprint density at radius 1 is 1.38 bits per heavy atom. The molecule has 126 valence electrons. The van der Waals surface area contributed by atoms with Crippen molar-refractivity contribution in [3.63, 3.8) is 0 Å². The molecule has 3 heterocycles. The van der Waals surface area contributed by atoms with Crippen molar-refractivity contribution in [2.24, 2.45) is 0 Å². The Morgan fingerprint density at radius 2 is 2.25 bits per heavy atom. The Labute approximate surface area is 147 Å². The second-order valence-corrected chi connectivity index (χ2v) is 7.69.